The van der Waals surface area contributed by atoms with E-state index in [1.807, 2.05) is 36.1 Å². The molecule has 4 atom stereocenters. The van der Waals surface area contributed by atoms with Gasteiger partial charge in [0.2, 0.25) is 0 Å². The molecule has 46 heavy (non-hydrogen) atoms. The fourth-order valence-electron chi connectivity index (χ4n) is 6.91. The van der Waals surface area contributed by atoms with Crippen molar-refractivity contribution in [2.24, 2.45) is 17.8 Å². The van der Waals surface area contributed by atoms with Crippen molar-refractivity contribution in [3.05, 3.63) is 70.3 Å². The SMILES string of the molecule is COc1cc(OC)cc(-c2cc(CCCOC(=O)[C@@H](C)Cc3ccc(O)cc3)c(/C=C3\SC(=S)N(C4CC5CCC4C5)C3=O)o2)c1. The smallest absolute Gasteiger partial charge is 0.308 e. The molecule has 1 saturated heterocycles. The molecule has 8 nitrogen and oxygen atoms in total. The summed E-state index contributed by atoms with van der Waals surface area (Å²) < 4.78 is 23.6. The van der Waals surface area contributed by atoms with Gasteiger partial charge in [0.25, 0.3) is 5.91 Å². The van der Waals surface area contributed by atoms with Crippen LogP contribution in [-0.2, 0) is 27.2 Å². The van der Waals surface area contributed by atoms with Crippen LogP contribution >= 0.6 is 24.0 Å². The van der Waals surface area contributed by atoms with E-state index in [0.29, 0.717) is 63.3 Å². The maximum Gasteiger partial charge on any atom is 0.308 e. The number of amides is 1. The molecule has 1 N–H and O–H groups in total. The molecule has 10 heteroatoms. The van der Waals surface area contributed by atoms with Crippen LogP contribution in [0.5, 0.6) is 17.2 Å². The van der Waals surface area contributed by atoms with E-state index in [4.69, 9.17) is 30.8 Å². The van der Waals surface area contributed by atoms with Crippen LogP contribution in [0.15, 0.2) is 57.9 Å². The molecule has 2 aliphatic carbocycles. The molecular weight excluding hydrogens is 623 g/mol. The van der Waals surface area contributed by atoms with Crippen molar-refractivity contribution in [2.45, 2.75) is 57.9 Å². The number of thiocarbonyl (C=S) groups is 1. The highest BCUT2D eigenvalue weighted by Crippen LogP contribution is 2.49. The number of ether oxygens (including phenoxy) is 3. The summed E-state index contributed by atoms with van der Waals surface area (Å²) in [5.41, 5.74) is 2.63. The first kappa shape index (κ1) is 32.2. The third-order valence-corrected chi connectivity index (χ3v) is 10.6. The van der Waals surface area contributed by atoms with Crippen molar-refractivity contribution in [1.29, 1.82) is 0 Å². The van der Waals surface area contributed by atoms with Gasteiger partial charge < -0.3 is 23.7 Å². The first-order valence-corrected chi connectivity index (χ1v) is 17.0. The molecule has 3 unspecified atom stereocenters. The lowest BCUT2D eigenvalue weighted by Gasteiger charge is -2.30. The average molecular weight is 662 g/mol. The Kier molecular flexibility index (Phi) is 9.75. The van der Waals surface area contributed by atoms with Crippen molar-refractivity contribution >= 4 is 46.3 Å². The van der Waals surface area contributed by atoms with E-state index in [2.05, 4.69) is 0 Å². The fourth-order valence-corrected chi connectivity index (χ4v) is 8.26. The van der Waals surface area contributed by atoms with Crippen LogP contribution < -0.4 is 9.47 Å². The van der Waals surface area contributed by atoms with Crippen molar-refractivity contribution in [3.8, 4) is 28.6 Å². The first-order valence-electron chi connectivity index (χ1n) is 15.8. The number of fused-ring (bicyclic) bond motifs is 2. The van der Waals surface area contributed by atoms with Gasteiger partial charge in [-0.2, -0.15) is 0 Å². The second kappa shape index (κ2) is 13.9. The van der Waals surface area contributed by atoms with Crippen molar-refractivity contribution < 1.29 is 33.3 Å². The van der Waals surface area contributed by atoms with Gasteiger partial charge in [0.05, 0.1) is 31.6 Å². The van der Waals surface area contributed by atoms with E-state index in [-0.39, 0.29) is 36.2 Å². The molecule has 3 fully saturated rings. The van der Waals surface area contributed by atoms with Gasteiger partial charge >= 0.3 is 5.97 Å². The number of rotatable bonds is 12. The Morgan fingerprint density at radius 3 is 2.50 bits per heavy atom. The Morgan fingerprint density at radius 2 is 1.85 bits per heavy atom. The molecule has 242 valence electrons. The van der Waals surface area contributed by atoms with Gasteiger partial charge in [-0.25, -0.2) is 0 Å². The number of aryl methyl sites for hydroxylation is 1. The van der Waals surface area contributed by atoms with Crippen molar-refractivity contribution in [3.63, 3.8) is 0 Å². The van der Waals surface area contributed by atoms with E-state index in [1.165, 1.54) is 31.0 Å². The maximum atomic E-state index is 13.7. The van der Waals surface area contributed by atoms with Gasteiger partial charge in [0.1, 0.15) is 33.1 Å². The molecule has 6 rings (SSSR count). The summed E-state index contributed by atoms with van der Waals surface area (Å²) in [5.74, 6) is 3.26. The average Bonchev–Trinajstić information content (AvgIpc) is 3.84. The zero-order valence-corrected chi connectivity index (χ0v) is 28.0. The summed E-state index contributed by atoms with van der Waals surface area (Å²) in [6.45, 7) is 2.09. The second-order valence-corrected chi connectivity index (χ2v) is 14.1. The molecule has 3 aliphatic rings. The molecule has 1 aromatic heterocycles. The minimum absolute atomic E-state index is 0.0453. The largest absolute Gasteiger partial charge is 0.508 e. The lowest BCUT2D eigenvalue weighted by Crippen LogP contribution is -2.41. The molecule has 1 amide bonds. The standard InChI is InChI=1S/C36H39NO7S2/c1-21(13-22-7-10-27(38)11-8-22)35(40)43-12-4-5-25-18-31(26-16-28(41-2)19-29(17-26)42-3)44-32(25)20-33-34(39)37(36(45)46-33)30-15-23-6-9-24(30)14-23/h7-8,10-11,16-21,23-24,30,38H,4-6,9,12-15H2,1-3H3/b33-20-/t21-,23?,24?,30?/m0/s1. The van der Waals surface area contributed by atoms with E-state index >= 15 is 0 Å². The number of phenolic OH excluding ortho intramolecular Hbond substituents is 1. The third kappa shape index (κ3) is 6.98. The minimum Gasteiger partial charge on any atom is -0.508 e. The Balaban J connectivity index is 1.18. The number of furan rings is 1. The van der Waals surface area contributed by atoms with Crippen LogP contribution in [0.3, 0.4) is 0 Å². The van der Waals surface area contributed by atoms with Gasteiger partial charge in [-0.15, -0.1) is 0 Å². The predicted octanol–water partition coefficient (Wildman–Crippen LogP) is 7.41. The quantitative estimate of drug-likeness (QED) is 0.0921. The van der Waals surface area contributed by atoms with Crippen LogP contribution in [0.25, 0.3) is 17.4 Å². The topological polar surface area (TPSA) is 98.4 Å². The number of nitrogens with zero attached hydrogens (tertiary/aromatic N) is 1. The Morgan fingerprint density at radius 1 is 1.11 bits per heavy atom. The summed E-state index contributed by atoms with van der Waals surface area (Å²) in [7, 11) is 3.20. The maximum absolute atomic E-state index is 13.7. The molecule has 1 aliphatic heterocycles. The second-order valence-electron chi connectivity index (χ2n) is 12.4. The first-order chi connectivity index (χ1) is 22.2. The van der Waals surface area contributed by atoms with Gasteiger partial charge in [-0.3, -0.25) is 14.5 Å². The number of thioether (sulfide) groups is 1. The van der Waals surface area contributed by atoms with Crippen LogP contribution in [0.2, 0.25) is 0 Å². The number of carbonyl (C=O) groups is 2. The van der Waals surface area contributed by atoms with Gasteiger partial charge in [0.15, 0.2) is 0 Å². The number of esters is 1. The molecule has 2 bridgehead atoms. The Hall–Kier alpha value is -3.76. The van der Waals surface area contributed by atoms with Crippen molar-refractivity contribution in [1.82, 2.24) is 4.90 Å². The summed E-state index contributed by atoms with van der Waals surface area (Å²) in [6, 6.07) is 14.5. The Bertz CT molecular complexity index is 1620. The third-order valence-electron chi connectivity index (χ3n) is 9.31. The normalized spacial score (nSPS) is 22.1. The summed E-state index contributed by atoms with van der Waals surface area (Å²) >= 11 is 7.06. The summed E-state index contributed by atoms with van der Waals surface area (Å²) in [4.78, 5) is 28.8. The minimum atomic E-state index is -0.319. The van der Waals surface area contributed by atoms with E-state index in [0.717, 1.165) is 23.1 Å². The molecule has 2 aromatic carbocycles. The summed E-state index contributed by atoms with van der Waals surface area (Å²) in [6.07, 6.45) is 8.13. The van der Waals surface area contributed by atoms with Gasteiger partial charge in [-0.1, -0.05) is 49.5 Å². The number of phenols is 1. The van der Waals surface area contributed by atoms with Crippen LogP contribution in [0.4, 0.5) is 0 Å². The van der Waals surface area contributed by atoms with Gasteiger partial charge in [-0.05, 0) is 91.8 Å². The fraction of sp³-hybridized carbons (Fsp3) is 0.417. The zero-order chi connectivity index (χ0) is 32.4. The zero-order valence-electron chi connectivity index (χ0n) is 26.3. The highest BCUT2D eigenvalue weighted by atomic mass is 32.2. The number of hydrogen-bond acceptors (Lipinski definition) is 9. The lowest BCUT2D eigenvalue weighted by molar-refractivity contribution is -0.148. The number of hydrogen-bond donors (Lipinski definition) is 1. The molecule has 2 heterocycles. The lowest BCUT2D eigenvalue weighted by atomic mass is 9.94. The van der Waals surface area contributed by atoms with Crippen LogP contribution in [0, 0.1) is 17.8 Å². The van der Waals surface area contributed by atoms with E-state index in [9.17, 15) is 14.7 Å². The molecule has 2 saturated carbocycles. The highest BCUT2D eigenvalue weighted by molar-refractivity contribution is 8.26. The van der Waals surface area contributed by atoms with E-state index in [1.54, 1.807) is 44.6 Å². The van der Waals surface area contributed by atoms with Crippen molar-refractivity contribution in [2.75, 3.05) is 20.8 Å². The monoisotopic (exact) mass is 661 g/mol. The van der Waals surface area contributed by atoms with Gasteiger partial charge in [0, 0.05) is 23.7 Å². The molecule has 0 radical (unpaired) electrons. The number of aromatic hydroxyl groups is 1. The number of benzene rings is 2. The predicted molar refractivity (Wildman–Crippen MR) is 182 cm³/mol. The van der Waals surface area contributed by atoms with Crippen LogP contribution in [-0.4, -0.2) is 53.1 Å². The van der Waals surface area contributed by atoms with Crippen LogP contribution in [0.1, 0.15) is 55.9 Å². The highest BCUT2D eigenvalue weighted by Gasteiger charge is 2.48. The van der Waals surface area contributed by atoms with E-state index < -0.39 is 0 Å². The number of methoxy groups -OCH3 is 2. The molecule has 0 spiro atoms. The molecular formula is C36H39NO7S2. The molecule has 3 aromatic rings. The summed E-state index contributed by atoms with van der Waals surface area (Å²) in [5, 5.41) is 9.51. The number of carbonyl (C=O) groups excluding carboxylic acids is 2. The Labute approximate surface area is 279 Å².